The van der Waals surface area contributed by atoms with Gasteiger partial charge in [0.1, 0.15) is 0 Å². The van der Waals surface area contributed by atoms with Crippen molar-refractivity contribution in [3.05, 3.63) is 101 Å². The van der Waals surface area contributed by atoms with Crippen molar-refractivity contribution in [2.75, 3.05) is 11.4 Å². The van der Waals surface area contributed by atoms with Gasteiger partial charge in [0, 0.05) is 34.7 Å². The molecule has 1 aliphatic heterocycles. The molecule has 0 spiro atoms. The first-order valence-electron chi connectivity index (χ1n) is 11.4. The fraction of sp³-hybridized carbons (Fsp3) is 0.214. The van der Waals surface area contributed by atoms with E-state index in [1.54, 1.807) is 73.7 Å². The maximum Gasteiger partial charge on any atom is 0.312 e. The Morgan fingerprint density at radius 3 is 2.23 bits per heavy atom. The largest absolute Gasteiger partial charge is 0.454 e. The zero-order valence-electron chi connectivity index (χ0n) is 19.1. The van der Waals surface area contributed by atoms with Crippen LogP contribution in [-0.2, 0) is 14.3 Å². The van der Waals surface area contributed by atoms with Gasteiger partial charge in [-0.3, -0.25) is 19.2 Å². The highest BCUT2D eigenvalue weighted by Gasteiger charge is 2.39. The van der Waals surface area contributed by atoms with Crippen LogP contribution >= 0.6 is 11.6 Å². The number of benzene rings is 3. The van der Waals surface area contributed by atoms with Gasteiger partial charge in [-0.2, -0.15) is 0 Å². The molecule has 178 valence electrons. The number of amides is 1. The summed E-state index contributed by atoms with van der Waals surface area (Å²) < 4.78 is 5.54. The van der Waals surface area contributed by atoms with Crippen LogP contribution in [-0.4, -0.2) is 36.1 Å². The molecule has 6 nitrogen and oxygen atoms in total. The summed E-state index contributed by atoms with van der Waals surface area (Å²) in [6, 6.07) is 22.1. The Morgan fingerprint density at radius 1 is 0.971 bits per heavy atom. The average molecular weight is 490 g/mol. The Labute approximate surface area is 208 Å². The number of halogens is 1. The van der Waals surface area contributed by atoms with Crippen molar-refractivity contribution < 1.29 is 23.9 Å². The van der Waals surface area contributed by atoms with Gasteiger partial charge in [-0.05, 0) is 24.6 Å². The van der Waals surface area contributed by atoms with Crippen LogP contribution in [0.4, 0.5) is 5.69 Å². The molecule has 2 atom stereocenters. The predicted molar refractivity (Wildman–Crippen MR) is 133 cm³/mol. The third-order valence-electron chi connectivity index (χ3n) is 5.97. The predicted octanol–water partition coefficient (Wildman–Crippen LogP) is 5.13. The lowest BCUT2D eigenvalue weighted by atomic mass is 10.0. The third kappa shape index (κ3) is 5.33. The fourth-order valence-corrected chi connectivity index (χ4v) is 4.29. The van der Waals surface area contributed by atoms with E-state index in [4.69, 9.17) is 16.3 Å². The van der Waals surface area contributed by atoms with E-state index >= 15 is 0 Å². The van der Waals surface area contributed by atoms with E-state index in [1.807, 2.05) is 6.07 Å². The van der Waals surface area contributed by atoms with E-state index in [9.17, 15) is 19.2 Å². The lowest BCUT2D eigenvalue weighted by molar-refractivity contribution is -0.151. The molecule has 3 aromatic rings. The molecule has 0 bridgehead atoms. The van der Waals surface area contributed by atoms with Gasteiger partial charge in [-0.25, -0.2) is 0 Å². The minimum atomic E-state index is -0.931. The number of esters is 1. The molecule has 4 rings (SSSR count). The van der Waals surface area contributed by atoms with E-state index in [1.165, 1.54) is 11.0 Å². The normalized spacial score (nSPS) is 16.1. The Kier molecular flexibility index (Phi) is 7.42. The monoisotopic (exact) mass is 489 g/mol. The fourth-order valence-electron chi connectivity index (χ4n) is 4.12. The molecule has 35 heavy (non-hydrogen) atoms. The topological polar surface area (TPSA) is 80.8 Å². The van der Waals surface area contributed by atoms with Gasteiger partial charge in [0.2, 0.25) is 11.7 Å². The molecular formula is C28H24ClNO5. The molecule has 0 N–H and O–H groups in total. The van der Waals surface area contributed by atoms with Crippen molar-refractivity contribution in [2.24, 2.45) is 5.92 Å². The molecule has 3 aromatic carbocycles. The van der Waals surface area contributed by atoms with Crippen LogP contribution in [0.1, 0.15) is 46.0 Å². The van der Waals surface area contributed by atoms with Gasteiger partial charge in [0.25, 0.3) is 0 Å². The Bertz CT molecular complexity index is 1260. The standard InChI is InChI=1S/C28H24ClNO5/c1-2-24(27(33)19-11-7-4-8-12-19)35-28(34)20-15-25(31)30(17-20)23-14-13-21(29)16-22(23)26(32)18-9-5-3-6-10-18/h3-14,16,20,24H,2,15,17H2,1H3/t20-,24+/m1/s1. The second kappa shape index (κ2) is 10.7. The second-order valence-corrected chi connectivity index (χ2v) is 8.76. The van der Waals surface area contributed by atoms with Gasteiger partial charge in [-0.15, -0.1) is 0 Å². The van der Waals surface area contributed by atoms with Gasteiger partial charge >= 0.3 is 5.97 Å². The van der Waals surface area contributed by atoms with E-state index in [2.05, 4.69) is 0 Å². The summed E-state index contributed by atoms with van der Waals surface area (Å²) in [7, 11) is 0. The minimum Gasteiger partial charge on any atom is -0.454 e. The first-order chi connectivity index (χ1) is 16.9. The number of carbonyl (C=O) groups is 4. The number of Topliss-reactive ketones (excluding diaryl/α,β-unsaturated/α-hetero) is 1. The molecular weight excluding hydrogens is 466 g/mol. The molecule has 1 amide bonds. The van der Waals surface area contributed by atoms with Crippen molar-refractivity contribution >= 4 is 40.7 Å². The molecule has 0 saturated carbocycles. The molecule has 0 aromatic heterocycles. The van der Waals surface area contributed by atoms with Crippen molar-refractivity contribution in [2.45, 2.75) is 25.9 Å². The van der Waals surface area contributed by atoms with Crippen LogP contribution in [0.15, 0.2) is 78.9 Å². The summed E-state index contributed by atoms with van der Waals surface area (Å²) >= 11 is 6.16. The Morgan fingerprint density at radius 2 is 1.60 bits per heavy atom. The number of ketones is 2. The van der Waals surface area contributed by atoms with Gasteiger partial charge in [0.05, 0.1) is 11.6 Å². The van der Waals surface area contributed by atoms with Crippen LogP contribution < -0.4 is 4.90 Å². The lowest BCUT2D eigenvalue weighted by Gasteiger charge is -2.21. The number of hydrogen-bond acceptors (Lipinski definition) is 5. The first kappa shape index (κ1) is 24.4. The minimum absolute atomic E-state index is 0.0460. The number of ether oxygens (including phenoxy) is 1. The average Bonchev–Trinajstić information content (AvgIpc) is 3.28. The first-order valence-corrected chi connectivity index (χ1v) is 11.8. The summed E-state index contributed by atoms with van der Waals surface area (Å²) in [4.78, 5) is 53.2. The van der Waals surface area contributed by atoms with Crippen molar-refractivity contribution in [3.8, 4) is 0 Å². The molecule has 0 radical (unpaired) electrons. The van der Waals surface area contributed by atoms with Crippen LogP contribution in [0.2, 0.25) is 5.02 Å². The van der Waals surface area contributed by atoms with Gasteiger partial charge < -0.3 is 9.64 Å². The molecule has 7 heteroatoms. The molecule has 0 unspecified atom stereocenters. The van der Waals surface area contributed by atoms with Crippen LogP contribution in [0.3, 0.4) is 0 Å². The van der Waals surface area contributed by atoms with E-state index in [0.717, 1.165) is 0 Å². The summed E-state index contributed by atoms with van der Waals surface area (Å²) in [6.45, 7) is 1.81. The van der Waals surface area contributed by atoms with Crippen molar-refractivity contribution in [3.63, 3.8) is 0 Å². The number of anilines is 1. The van der Waals surface area contributed by atoms with Crippen LogP contribution in [0.25, 0.3) is 0 Å². The van der Waals surface area contributed by atoms with E-state index in [0.29, 0.717) is 28.3 Å². The molecule has 1 heterocycles. The van der Waals surface area contributed by atoms with Gasteiger partial charge in [-0.1, -0.05) is 79.2 Å². The smallest absolute Gasteiger partial charge is 0.312 e. The highest BCUT2D eigenvalue weighted by Crippen LogP contribution is 2.32. The summed E-state index contributed by atoms with van der Waals surface area (Å²) in [6.07, 6.45) is -0.688. The molecule has 1 saturated heterocycles. The van der Waals surface area contributed by atoms with Crippen molar-refractivity contribution in [1.29, 1.82) is 0 Å². The maximum absolute atomic E-state index is 13.2. The number of nitrogens with zero attached hydrogens (tertiary/aromatic N) is 1. The van der Waals surface area contributed by atoms with E-state index < -0.39 is 18.0 Å². The summed E-state index contributed by atoms with van der Waals surface area (Å²) in [5, 5.41) is 0.362. The number of carbonyl (C=O) groups excluding carboxylic acids is 4. The lowest BCUT2D eigenvalue weighted by Crippen LogP contribution is -2.32. The zero-order chi connectivity index (χ0) is 24.9. The summed E-state index contributed by atoms with van der Waals surface area (Å²) in [5.74, 6) is -2.23. The summed E-state index contributed by atoms with van der Waals surface area (Å²) in [5.41, 5.74) is 1.58. The van der Waals surface area contributed by atoms with Gasteiger partial charge in [0.15, 0.2) is 11.9 Å². The highest BCUT2D eigenvalue weighted by molar-refractivity contribution is 6.31. The molecule has 1 fully saturated rings. The Balaban J connectivity index is 1.53. The van der Waals surface area contributed by atoms with Crippen LogP contribution in [0.5, 0.6) is 0 Å². The number of hydrogen-bond donors (Lipinski definition) is 0. The second-order valence-electron chi connectivity index (χ2n) is 8.33. The maximum atomic E-state index is 13.2. The molecule has 0 aliphatic carbocycles. The van der Waals surface area contributed by atoms with E-state index in [-0.39, 0.29) is 36.0 Å². The SMILES string of the molecule is CC[C@H](OC(=O)[C@@H]1CC(=O)N(c2ccc(Cl)cc2C(=O)c2ccccc2)C1)C(=O)c1ccccc1. The zero-order valence-corrected chi connectivity index (χ0v) is 19.9. The highest BCUT2D eigenvalue weighted by atomic mass is 35.5. The number of rotatable bonds is 8. The molecule has 1 aliphatic rings. The van der Waals surface area contributed by atoms with Crippen LogP contribution in [0, 0.1) is 5.92 Å². The third-order valence-corrected chi connectivity index (χ3v) is 6.20. The Hall–Kier alpha value is -3.77. The quantitative estimate of drug-likeness (QED) is 0.324. The van der Waals surface area contributed by atoms with Crippen molar-refractivity contribution in [1.82, 2.24) is 0 Å².